The largest absolute Gasteiger partial charge is 0.357 e. The summed E-state index contributed by atoms with van der Waals surface area (Å²) in [6.07, 6.45) is 12.9. The van der Waals surface area contributed by atoms with E-state index in [0.717, 1.165) is 29.4 Å². The summed E-state index contributed by atoms with van der Waals surface area (Å²) in [6, 6.07) is 10.1. The van der Waals surface area contributed by atoms with Gasteiger partial charge in [0.15, 0.2) is 5.11 Å². The van der Waals surface area contributed by atoms with Crippen molar-refractivity contribution in [3.8, 4) is 0 Å². The van der Waals surface area contributed by atoms with Crippen LogP contribution >= 0.6 is 12.2 Å². The summed E-state index contributed by atoms with van der Waals surface area (Å²) in [7, 11) is 0. The standard InChI is InChI=1S/C21H33N3S/c1-17-8-7-9-18(16-17)23-21(25)22-14-15-24(20-12-5-6-13-20)19-10-3-2-4-11-19/h7-9,16,19-20H,2-6,10-15H2,1H3,(H2,22,23,25)/p+1. The Hall–Kier alpha value is -1.13. The van der Waals surface area contributed by atoms with Crippen LogP contribution in [0.2, 0.25) is 0 Å². The fraction of sp³-hybridized carbons (Fsp3) is 0.667. The van der Waals surface area contributed by atoms with Crippen LogP contribution in [0.4, 0.5) is 5.69 Å². The molecule has 0 heterocycles. The number of nitrogens with one attached hydrogen (secondary N) is 3. The quantitative estimate of drug-likeness (QED) is 0.679. The van der Waals surface area contributed by atoms with Crippen LogP contribution in [0.1, 0.15) is 63.4 Å². The van der Waals surface area contributed by atoms with Gasteiger partial charge in [-0.3, -0.25) is 0 Å². The van der Waals surface area contributed by atoms with Crippen molar-refractivity contribution in [3.05, 3.63) is 29.8 Å². The highest BCUT2D eigenvalue weighted by Crippen LogP contribution is 2.20. The molecule has 25 heavy (non-hydrogen) atoms. The number of anilines is 1. The van der Waals surface area contributed by atoms with Crippen molar-refractivity contribution in [1.82, 2.24) is 5.32 Å². The van der Waals surface area contributed by atoms with Crippen LogP contribution in [0, 0.1) is 6.92 Å². The van der Waals surface area contributed by atoms with Gasteiger partial charge in [0.2, 0.25) is 0 Å². The van der Waals surface area contributed by atoms with E-state index in [4.69, 9.17) is 12.2 Å². The first-order chi connectivity index (χ1) is 12.2. The lowest BCUT2D eigenvalue weighted by atomic mass is 9.93. The second-order valence-corrected chi connectivity index (χ2v) is 8.30. The van der Waals surface area contributed by atoms with Crippen molar-refractivity contribution < 1.29 is 4.90 Å². The lowest BCUT2D eigenvalue weighted by Crippen LogP contribution is -3.19. The topological polar surface area (TPSA) is 28.5 Å². The van der Waals surface area contributed by atoms with E-state index < -0.39 is 0 Å². The maximum atomic E-state index is 5.49. The summed E-state index contributed by atoms with van der Waals surface area (Å²) < 4.78 is 0. The number of hydrogen-bond acceptors (Lipinski definition) is 1. The normalized spacial score (nSPS) is 20.4. The Labute approximate surface area is 158 Å². The third-order valence-corrected chi connectivity index (χ3v) is 6.23. The molecule has 1 unspecified atom stereocenters. The first-order valence-corrected chi connectivity index (χ1v) is 10.6. The molecular weight excluding hydrogens is 326 g/mol. The van der Waals surface area contributed by atoms with E-state index in [2.05, 4.69) is 41.8 Å². The summed E-state index contributed by atoms with van der Waals surface area (Å²) in [4.78, 5) is 1.86. The molecule has 2 aliphatic carbocycles. The number of rotatable bonds is 6. The van der Waals surface area contributed by atoms with Crippen molar-refractivity contribution >= 4 is 23.0 Å². The molecule has 1 aromatic carbocycles. The van der Waals surface area contributed by atoms with E-state index in [1.54, 1.807) is 0 Å². The maximum Gasteiger partial charge on any atom is 0.170 e. The average molecular weight is 361 g/mol. The highest BCUT2D eigenvalue weighted by atomic mass is 32.1. The minimum Gasteiger partial charge on any atom is -0.357 e. The Morgan fingerprint density at radius 3 is 2.32 bits per heavy atom. The van der Waals surface area contributed by atoms with Crippen molar-refractivity contribution in [2.45, 2.75) is 76.8 Å². The second kappa shape index (κ2) is 9.54. The van der Waals surface area contributed by atoms with Crippen molar-refractivity contribution in [2.24, 2.45) is 0 Å². The van der Waals surface area contributed by atoms with E-state index in [0.29, 0.717) is 0 Å². The van der Waals surface area contributed by atoms with Gasteiger partial charge in [-0.05, 0) is 88.2 Å². The van der Waals surface area contributed by atoms with E-state index >= 15 is 0 Å². The molecule has 0 radical (unpaired) electrons. The van der Waals surface area contributed by atoms with Gasteiger partial charge in [-0.25, -0.2) is 0 Å². The molecule has 2 saturated carbocycles. The van der Waals surface area contributed by atoms with Gasteiger partial charge in [-0.1, -0.05) is 18.6 Å². The predicted octanol–water partition coefficient (Wildman–Crippen LogP) is 3.44. The maximum absolute atomic E-state index is 5.49. The lowest BCUT2D eigenvalue weighted by molar-refractivity contribution is -0.949. The smallest absolute Gasteiger partial charge is 0.170 e. The first-order valence-electron chi connectivity index (χ1n) is 10.2. The third kappa shape index (κ3) is 5.68. The fourth-order valence-corrected chi connectivity index (χ4v) is 4.95. The summed E-state index contributed by atoms with van der Waals surface area (Å²) in [6.45, 7) is 4.28. The van der Waals surface area contributed by atoms with Gasteiger partial charge >= 0.3 is 0 Å². The summed E-state index contributed by atoms with van der Waals surface area (Å²) in [5.41, 5.74) is 2.33. The van der Waals surface area contributed by atoms with Crippen LogP contribution in [-0.4, -0.2) is 30.3 Å². The third-order valence-electron chi connectivity index (χ3n) is 5.98. The Morgan fingerprint density at radius 2 is 1.68 bits per heavy atom. The van der Waals surface area contributed by atoms with Gasteiger partial charge in [0.1, 0.15) is 0 Å². The first kappa shape index (κ1) is 18.7. The van der Waals surface area contributed by atoms with Crippen LogP contribution in [0.25, 0.3) is 0 Å². The molecule has 2 fully saturated rings. The molecule has 0 amide bonds. The van der Waals surface area contributed by atoms with E-state index in [9.17, 15) is 0 Å². The van der Waals surface area contributed by atoms with Crippen molar-refractivity contribution in [3.63, 3.8) is 0 Å². The summed E-state index contributed by atoms with van der Waals surface area (Å²) in [5.74, 6) is 0. The molecule has 1 atom stereocenters. The predicted molar refractivity (Wildman–Crippen MR) is 110 cm³/mol. The van der Waals surface area contributed by atoms with Gasteiger partial charge in [-0.2, -0.15) is 0 Å². The Morgan fingerprint density at radius 1 is 1.04 bits per heavy atom. The molecular formula is C21H34N3S+. The molecule has 3 nitrogen and oxygen atoms in total. The van der Waals surface area contributed by atoms with Gasteiger partial charge < -0.3 is 15.5 Å². The Balaban J connectivity index is 1.47. The molecule has 0 bridgehead atoms. The average Bonchev–Trinajstić information content (AvgIpc) is 3.14. The zero-order valence-electron chi connectivity index (χ0n) is 15.7. The second-order valence-electron chi connectivity index (χ2n) is 7.89. The van der Waals surface area contributed by atoms with Gasteiger partial charge in [-0.15, -0.1) is 0 Å². The highest BCUT2D eigenvalue weighted by Gasteiger charge is 2.32. The minimum atomic E-state index is 0.750. The fourth-order valence-electron chi connectivity index (χ4n) is 4.73. The van der Waals surface area contributed by atoms with Crippen LogP contribution in [0.15, 0.2) is 24.3 Å². The van der Waals surface area contributed by atoms with Gasteiger partial charge in [0.05, 0.1) is 25.2 Å². The van der Waals surface area contributed by atoms with Crippen LogP contribution < -0.4 is 15.5 Å². The van der Waals surface area contributed by atoms with Crippen LogP contribution in [-0.2, 0) is 0 Å². The van der Waals surface area contributed by atoms with Gasteiger partial charge in [0, 0.05) is 5.69 Å². The van der Waals surface area contributed by atoms with Crippen molar-refractivity contribution in [2.75, 3.05) is 18.4 Å². The molecule has 0 saturated heterocycles. The lowest BCUT2D eigenvalue weighted by Gasteiger charge is -2.35. The van der Waals surface area contributed by atoms with E-state index in [-0.39, 0.29) is 0 Å². The summed E-state index contributed by atoms with van der Waals surface area (Å²) >= 11 is 5.49. The van der Waals surface area contributed by atoms with Crippen LogP contribution in [0.3, 0.4) is 0 Å². The minimum absolute atomic E-state index is 0.750. The number of quaternary nitrogens is 1. The zero-order chi connectivity index (χ0) is 17.5. The molecule has 4 heteroatoms. The van der Waals surface area contributed by atoms with Gasteiger partial charge in [0.25, 0.3) is 0 Å². The summed E-state index contributed by atoms with van der Waals surface area (Å²) in [5, 5.41) is 7.51. The number of thiocarbonyl (C=S) groups is 1. The van der Waals surface area contributed by atoms with Crippen LogP contribution in [0.5, 0.6) is 0 Å². The highest BCUT2D eigenvalue weighted by molar-refractivity contribution is 7.80. The Bertz CT molecular complexity index is 548. The number of hydrogen-bond donors (Lipinski definition) is 3. The zero-order valence-corrected chi connectivity index (χ0v) is 16.5. The molecule has 138 valence electrons. The molecule has 3 N–H and O–H groups in total. The van der Waals surface area contributed by atoms with E-state index in [1.165, 1.54) is 69.9 Å². The van der Waals surface area contributed by atoms with Crippen molar-refractivity contribution in [1.29, 1.82) is 0 Å². The molecule has 3 rings (SSSR count). The number of benzene rings is 1. The number of aryl methyl sites for hydroxylation is 1. The molecule has 2 aliphatic rings. The molecule has 0 aliphatic heterocycles. The molecule has 1 aromatic rings. The SMILES string of the molecule is Cc1cccc(NC(=S)NCC[NH+](C2CCCCC2)C2CCCC2)c1. The molecule has 0 aromatic heterocycles. The van der Waals surface area contributed by atoms with E-state index in [1.807, 2.05) is 4.90 Å². The molecule has 0 spiro atoms. The monoisotopic (exact) mass is 360 g/mol. The Kier molecular flexibility index (Phi) is 7.12.